The average molecular weight is 289 g/mol. The van der Waals surface area contributed by atoms with Crippen LogP contribution in [0.3, 0.4) is 0 Å². The van der Waals surface area contributed by atoms with Gasteiger partial charge in [0.05, 0.1) is 5.02 Å². The Hall–Kier alpha value is -2.07. The molecule has 4 nitrogen and oxygen atoms in total. The first-order valence-corrected chi connectivity index (χ1v) is 6.84. The van der Waals surface area contributed by atoms with Crippen LogP contribution in [0.1, 0.15) is 19.2 Å². The Labute approximate surface area is 120 Å². The molecule has 0 unspecified atom stereocenters. The molecule has 3 aromatic rings. The summed E-state index contributed by atoms with van der Waals surface area (Å²) >= 11 is 6.09. The zero-order chi connectivity index (χ0) is 14.1. The summed E-state index contributed by atoms with van der Waals surface area (Å²) in [5.41, 5.74) is 0.970. The summed E-state index contributed by atoms with van der Waals surface area (Å²) in [5, 5.41) is 1.44. The Morgan fingerprint density at radius 2 is 2.20 bits per heavy atom. The summed E-state index contributed by atoms with van der Waals surface area (Å²) in [6.07, 6.45) is 1.64. The van der Waals surface area contributed by atoms with Crippen molar-refractivity contribution in [3.63, 3.8) is 0 Å². The van der Waals surface area contributed by atoms with Gasteiger partial charge in [-0.1, -0.05) is 30.7 Å². The molecule has 0 spiro atoms. The fraction of sp³-hybridized carbons (Fsp3) is 0.200. The molecule has 0 aliphatic carbocycles. The van der Waals surface area contributed by atoms with Gasteiger partial charge in [-0.25, -0.2) is 4.98 Å². The highest BCUT2D eigenvalue weighted by molar-refractivity contribution is 6.34. The van der Waals surface area contributed by atoms with Crippen molar-refractivity contribution in [2.45, 2.75) is 19.8 Å². The highest BCUT2D eigenvalue weighted by Crippen LogP contribution is 2.30. The fourth-order valence-corrected chi connectivity index (χ4v) is 2.36. The molecule has 0 aliphatic heterocycles. The molecule has 0 saturated carbocycles. The largest absolute Gasteiger partial charge is 0.453 e. The van der Waals surface area contributed by atoms with Crippen LogP contribution in [0, 0.1) is 0 Å². The van der Waals surface area contributed by atoms with Gasteiger partial charge in [-0.15, -0.1) is 0 Å². The SMILES string of the molecule is CCCc1nc(-c2cc3cccc(Cl)c3o2)cc(=O)[nH]1. The number of hydrogen-bond acceptors (Lipinski definition) is 3. The van der Waals surface area contributed by atoms with Crippen LogP contribution in [0.4, 0.5) is 0 Å². The molecule has 0 radical (unpaired) electrons. The predicted octanol–water partition coefficient (Wildman–Crippen LogP) is 3.79. The molecule has 20 heavy (non-hydrogen) atoms. The maximum atomic E-state index is 11.7. The highest BCUT2D eigenvalue weighted by atomic mass is 35.5. The lowest BCUT2D eigenvalue weighted by molar-refractivity contribution is 0.627. The van der Waals surface area contributed by atoms with Gasteiger partial charge in [-0.05, 0) is 18.6 Å². The molecular weight excluding hydrogens is 276 g/mol. The van der Waals surface area contributed by atoms with Crippen LogP contribution in [0.2, 0.25) is 5.02 Å². The van der Waals surface area contributed by atoms with E-state index in [2.05, 4.69) is 9.97 Å². The number of halogens is 1. The van der Waals surface area contributed by atoms with Crippen LogP contribution in [0.15, 0.2) is 39.5 Å². The van der Waals surface area contributed by atoms with Gasteiger partial charge >= 0.3 is 0 Å². The Morgan fingerprint density at radius 1 is 1.35 bits per heavy atom. The van der Waals surface area contributed by atoms with Crippen molar-refractivity contribution < 1.29 is 4.42 Å². The average Bonchev–Trinajstić information content (AvgIpc) is 2.84. The molecule has 0 aliphatic rings. The van der Waals surface area contributed by atoms with Crippen molar-refractivity contribution in [1.29, 1.82) is 0 Å². The number of H-pyrrole nitrogens is 1. The van der Waals surface area contributed by atoms with E-state index < -0.39 is 0 Å². The van der Waals surface area contributed by atoms with Gasteiger partial charge in [-0.2, -0.15) is 0 Å². The zero-order valence-electron chi connectivity index (χ0n) is 10.9. The lowest BCUT2D eigenvalue weighted by Gasteiger charge is -2.00. The van der Waals surface area contributed by atoms with Gasteiger partial charge in [0.1, 0.15) is 11.5 Å². The molecule has 1 aromatic carbocycles. The van der Waals surface area contributed by atoms with E-state index in [0.717, 1.165) is 18.2 Å². The number of furan rings is 1. The van der Waals surface area contributed by atoms with Crippen LogP contribution in [0.25, 0.3) is 22.4 Å². The Morgan fingerprint density at radius 3 is 2.95 bits per heavy atom. The van der Waals surface area contributed by atoms with E-state index in [1.807, 2.05) is 25.1 Å². The van der Waals surface area contributed by atoms with Gasteiger partial charge in [0.15, 0.2) is 11.3 Å². The molecule has 1 N–H and O–H groups in total. The number of aromatic amines is 1. The molecule has 2 heterocycles. The van der Waals surface area contributed by atoms with Crippen molar-refractivity contribution >= 4 is 22.6 Å². The summed E-state index contributed by atoms with van der Waals surface area (Å²) in [7, 11) is 0. The minimum absolute atomic E-state index is 0.176. The lowest BCUT2D eigenvalue weighted by Crippen LogP contribution is -2.10. The van der Waals surface area contributed by atoms with E-state index in [0.29, 0.717) is 27.9 Å². The van der Waals surface area contributed by atoms with E-state index in [-0.39, 0.29) is 5.56 Å². The van der Waals surface area contributed by atoms with E-state index in [1.54, 1.807) is 6.07 Å². The molecule has 0 atom stereocenters. The molecule has 0 bridgehead atoms. The summed E-state index contributed by atoms with van der Waals surface area (Å²) in [4.78, 5) is 18.8. The number of rotatable bonds is 3. The topological polar surface area (TPSA) is 58.9 Å². The van der Waals surface area contributed by atoms with Crippen LogP contribution in [-0.4, -0.2) is 9.97 Å². The minimum Gasteiger partial charge on any atom is -0.453 e. The quantitative estimate of drug-likeness (QED) is 0.797. The van der Waals surface area contributed by atoms with E-state index in [4.69, 9.17) is 16.0 Å². The zero-order valence-corrected chi connectivity index (χ0v) is 11.7. The summed E-state index contributed by atoms with van der Waals surface area (Å²) < 4.78 is 5.73. The molecule has 0 fully saturated rings. The monoisotopic (exact) mass is 288 g/mol. The molecule has 0 amide bonds. The second-order valence-corrected chi connectivity index (χ2v) is 5.00. The number of hydrogen-bond donors (Lipinski definition) is 1. The van der Waals surface area contributed by atoms with E-state index >= 15 is 0 Å². The smallest absolute Gasteiger partial charge is 0.251 e. The van der Waals surface area contributed by atoms with Gasteiger partial charge < -0.3 is 9.40 Å². The van der Waals surface area contributed by atoms with Crippen LogP contribution in [0.5, 0.6) is 0 Å². The van der Waals surface area contributed by atoms with Gasteiger partial charge in [0.2, 0.25) is 0 Å². The molecule has 2 aromatic heterocycles. The van der Waals surface area contributed by atoms with Crippen molar-refractivity contribution in [1.82, 2.24) is 9.97 Å². The fourth-order valence-electron chi connectivity index (χ4n) is 2.14. The minimum atomic E-state index is -0.176. The van der Waals surface area contributed by atoms with Crippen molar-refractivity contribution in [3.8, 4) is 11.5 Å². The third-order valence-corrected chi connectivity index (χ3v) is 3.32. The number of para-hydroxylation sites is 1. The molecule has 0 saturated heterocycles. The number of aryl methyl sites for hydroxylation is 1. The van der Waals surface area contributed by atoms with Crippen molar-refractivity contribution in [2.24, 2.45) is 0 Å². The van der Waals surface area contributed by atoms with Gasteiger partial charge in [0, 0.05) is 17.9 Å². The predicted molar refractivity (Wildman–Crippen MR) is 79.1 cm³/mol. The van der Waals surface area contributed by atoms with Crippen molar-refractivity contribution in [2.75, 3.05) is 0 Å². The van der Waals surface area contributed by atoms with Gasteiger partial charge in [0.25, 0.3) is 5.56 Å². The molecule has 5 heteroatoms. The van der Waals surface area contributed by atoms with Gasteiger partial charge in [-0.3, -0.25) is 4.79 Å². The summed E-state index contributed by atoms with van der Waals surface area (Å²) in [6, 6.07) is 8.82. The number of nitrogens with zero attached hydrogens (tertiary/aromatic N) is 1. The number of fused-ring (bicyclic) bond motifs is 1. The van der Waals surface area contributed by atoms with E-state index in [9.17, 15) is 4.79 Å². The first-order valence-electron chi connectivity index (χ1n) is 6.46. The summed E-state index contributed by atoms with van der Waals surface area (Å²) in [5.74, 6) is 1.22. The van der Waals surface area contributed by atoms with Crippen LogP contribution in [-0.2, 0) is 6.42 Å². The Balaban J connectivity index is 2.15. The third-order valence-electron chi connectivity index (χ3n) is 3.03. The number of aromatic nitrogens is 2. The Bertz CT molecular complexity index is 820. The molecule has 3 rings (SSSR count). The maximum Gasteiger partial charge on any atom is 0.251 e. The Kier molecular flexibility index (Phi) is 3.32. The normalized spacial score (nSPS) is 11.1. The summed E-state index contributed by atoms with van der Waals surface area (Å²) in [6.45, 7) is 2.04. The van der Waals surface area contributed by atoms with Crippen LogP contribution < -0.4 is 5.56 Å². The first-order chi connectivity index (χ1) is 9.67. The van der Waals surface area contributed by atoms with Crippen LogP contribution >= 0.6 is 11.6 Å². The number of nitrogens with one attached hydrogen (secondary N) is 1. The highest BCUT2D eigenvalue weighted by Gasteiger charge is 2.11. The maximum absolute atomic E-state index is 11.7. The van der Waals surface area contributed by atoms with Crippen molar-refractivity contribution in [3.05, 3.63) is 51.5 Å². The first kappa shape index (κ1) is 12.9. The third kappa shape index (κ3) is 2.34. The number of benzene rings is 1. The van der Waals surface area contributed by atoms with E-state index in [1.165, 1.54) is 6.07 Å². The molecule has 102 valence electrons. The second-order valence-electron chi connectivity index (χ2n) is 4.60. The lowest BCUT2D eigenvalue weighted by atomic mass is 10.2. The molecular formula is C15H13ClN2O2. The second kappa shape index (κ2) is 5.13. The standard InChI is InChI=1S/C15H13ClN2O2/c1-2-4-13-17-11(8-14(19)18-13)12-7-9-5-3-6-10(16)15(9)20-12/h3,5-8H,2,4H2,1H3,(H,17,18,19).